The highest BCUT2D eigenvalue weighted by Gasteiger charge is 2.27. The molecule has 0 saturated carbocycles. The van der Waals surface area contributed by atoms with Crippen molar-refractivity contribution in [1.82, 2.24) is 0 Å². The van der Waals surface area contributed by atoms with Crippen molar-refractivity contribution in [2.45, 2.75) is 12.5 Å². The number of esters is 1. The van der Waals surface area contributed by atoms with Gasteiger partial charge in [-0.15, -0.1) is 11.6 Å². The summed E-state index contributed by atoms with van der Waals surface area (Å²) in [6, 6.07) is 2.06. The average molecular weight is 296 g/mol. The highest BCUT2D eigenvalue weighted by Crippen LogP contribution is 2.34. The minimum absolute atomic E-state index is 0.139. The van der Waals surface area contributed by atoms with Gasteiger partial charge in [0.25, 0.3) is 0 Å². The molecule has 0 atom stereocenters. The molecule has 0 aliphatic heterocycles. The first-order valence-electron chi connectivity index (χ1n) is 4.81. The molecule has 9 heteroatoms. The van der Waals surface area contributed by atoms with Crippen LogP contribution in [0.4, 0.5) is 14.5 Å². The number of hydrogen-bond donors (Lipinski definition) is 0. The third-order valence-electron chi connectivity index (χ3n) is 2.09. The Morgan fingerprint density at radius 1 is 1.53 bits per heavy atom. The molecule has 6 nitrogen and oxygen atoms in total. The van der Waals surface area contributed by atoms with Crippen LogP contribution in [0.2, 0.25) is 0 Å². The Labute approximate surface area is 111 Å². The Kier molecular flexibility index (Phi) is 4.99. The van der Waals surface area contributed by atoms with Crippen LogP contribution >= 0.6 is 11.6 Å². The molecule has 0 unspecified atom stereocenters. The van der Waals surface area contributed by atoms with Crippen molar-refractivity contribution < 1.29 is 28.0 Å². The maximum absolute atomic E-state index is 12.3. The van der Waals surface area contributed by atoms with Crippen molar-refractivity contribution in [1.29, 1.82) is 0 Å². The van der Waals surface area contributed by atoms with Gasteiger partial charge in [-0.3, -0.25) is 10.1 Å². The maximum atomic E-state index is 12.3. The summed E-state index contributed by atoms with van der Waals surface area (Å²) in [6.45, 7) is -3.32. The second kappa shape index (κ2) is 6.28. The molecule has 0 amide bonds. The predicted octanol–water partition coefficient (Wildman–Crippen LogP) is 2.72. The fourth-order valence-electron chi connectivity index (χ4n) is 1.36. The second-order valence-corrected chi connectivity index (χ2v) is 3.52. The van der Waals surface area contributed by atoms with Crippen LogP contribution in [-0.2, 0) is 10.6 Å². The fraction of sp³-hybridized carbons (Fsp3) is 0.300. The van der Waals surface area contributed by atoms with Crippen LogP contribution in [0, 0.1) is 10.1 Å². The number of alkyl halides is 3. The van der Waals surface area contributed by atoms with Crippen LogP contribution in [0.25, 0.3) is 0 Å². The Bertz CT molecular complexity index is 509. The van der Waals surface area contributed by atoms with E-state index in [9.17, 15) is 23.7 Å². The fourth-order valence-corrected chi connectivity index (χ4v) is 1.51. The molecule has 0 aliphatic carbocycles. The van der Waals surface area contributed by atoms with E-state index in [0.29, 0.717) is 0 Å². The van der Waals surface area contributed by atoms with Crippen molar-refractivity contribution >= 4 is 23.3 Å². The lowest BCUT2D eigenvalue weighted by atomic mass is 10.1. The first kappa shape index (κ1) is 15.1. The zero-order valence-corrected chi connectivity index (χ0v) is 10.3. The lowest BCUT2D eigenvalue weighted by molar-refractivity contribution is -0.386. The van der Waals surface area contributed by atoms with Crippen molar-refractivity contribution in [2.75, 3.05) is 7.11 Å². The van der Waals surface area contributed by atoms with Gasteiger partial charge in [0.05, 0.1) is 12.0 Å². The summed E-state index contributed by atoms with van der Waals surface area (Å²) in [5.41, 5.74) is -1.05. The first-order chi connectivity index (χ1) is 8.90. The van der Waals surface area contributed by atoms with Gasteiger partial charge in [-0.2, -0.15) is 8.78 Å². The quantitative estimate of drug-likeness (QED) is 0.361. The Hall–Kier alpha value is -1.96. The normalized spacial score (nSPS) is 10.4. The molecule has 0 bridgehead atoms. The monoisotopic (exact) mass is 295 g/mol. The van der Waals surface area contributed by atoms with E-state index in [4.69, 9.17) is 11.6 Å². The van der Waals surface area contributed by atoms with Gasteiger partial charge in [0.15, 0.2) is 0 Å². The number of nitro groups is 1. The minimum atomic E-state index is -3.32. The number of hydrogen-bond acceptors (Lipinski definition) is 5. The van der Waals surface area contributed by atoms with Crippen molar-refractivity contribution in [3.63, 3.8) is 0 Å². The first-order valence-corrected chi connectivity index (χ1v) is 5.34. The van der Waals surface area contributed by atoms with E-state index >= 15 is 0 Å². The molecule has 19 heavy (non-hydrogen) atoms. The third-order valence-corrected chi connectivity index (χ3v) is 2.40. The van der Waals surface area contributed by atoms with Crippen LogP contribution in [0.5, 0.6) is 5.75 Å². The zero-order valence-electron chi connectivity index (χ0n) is 9.56. The van der Waals surface area contributed by atoms with E-state index in [0.717, 1.165) is 19.2 Å². The SMILES string of the molecule is COC(=O)c1cc(CCl)cc([N+](=O)[O-])c1OC(F)F. The minimum Gasteiger partial charge on any atom is -0.465 e. The largest absolute Gasteiger partial charge is 0.465 e. The van der Waals surface area contributed by atoms with E-state index in [1.807, 2.05) is 0 Å². The molecule has 1 rings (SSSR count). The van der Waals surface area contributed by atoms with Gasteiger partial charge in [-0.1, -0.05) is 0 Å². The summed E-state index contributed by atoms with van der Waals surface area (Å²) in [5.74, 6) is -2.02. The van der Waals surface area contributed by atoms with Crippen LogP contribution in [-0.4, -0.2) is 24.6 Å². The number of methoxy groups -OCH3 is 1. The van der Waals surface area contributed by atoms with Crippen molar-refractivity contribution in [3.8, 4) is 5.75 Å². The molecule has 0 aromatic heterocycles. The smallest absolute Gasteiger partial charge is 0.387 e. The van der Waals surface area contributed by atoms with E-state index < -0.39 is 34.5 Å². The molecular weight excluding hydrogens is 288 g/mol. The second-order valence-electron chi connectivity index (χ2n) is 3.25. The van der Waals surface area contributed by atoms with E-state index in [1.54, 1.807) is 0 Å². The van der Waals surface area contributed by atoms with E-state index in [1.165, 1.54) is 0 Å². The van der Waals surface area contributed by atoms with Gasteiger partial charge >= 0.3 is 18.3 Å². The van der Waals surface area contributed by atoms with Crippen LogP contribution in [0.15, 0.2) is 12.1 Å². The predicted molar refractivity (Wildman–Crippen MR) is 60.6 cm³/mol. The number of halogens is 3. The van der Waals surface area contributed by atoms with Gasteiger partial charge < -0.3 is 9.47 Å². The van der Waals surface area contributed by atoms with Gasteiger partial charge in [0.1, 0.15) is 5.56 Å². The van der Waals surface area contributed by atoms with Crippen molar-refractivity contribution in [2.24, 2.45) is 0 Å². The number of benzene rings is 1. The van der Waals surface area contributed by atoms with Crippen molar-refractivity contribution in [3.05, 3.63) is 33.4 Å². The summed E-state index contributed by atoms with van der Waals surface area (Å²) < 4.78 is 32.9. The highest BCUT2D eigenvalue weighted by atomic mass is 35.5. The number of rotatable bonds is 5. The van der Waals surface area contributed by atoms with Gasteiger partial charge in [0.2, 0.25) is 5.75 Å². The molecule has 104 valence electrons. The number of nitrogens with zero attached hydrogens (tertiary/aromatic N) is 1. The average Bonchev–Trinajstić information content (AvgIpc) is 2.36. The molecule has 0 N–H and O–H groups in total. The summed E-state index contributed by atoms with van der Waals surface area (Å²) in [7, 11) is 1.01. The number of nitro benzene ring substituents is 1. The third kappa shape index (κ3) is 3.50. The summed E-state index contributed by atoms with van der Waals surface area (Å²) in [4.78, 5) is 21.3. The number of carbonyl (C=O) groups excluding carboxylic acids is 1. The Morgan fingerprint density at radius 2 is 2.16 bits per heavy atom. The van der Waals surface area contributed by atoms with Gasteiger partial charge in [0, 0.05) is 11.9 Å². The lowest BCUT2D eigenvalue weighted by Gasteiger charge is -2.11. The summed E-state index contributed by atoms with van der Waals surface area (Å²) in [5, 5.41) is 10.8. The topological polar surface area (TPSA) is 78.7 Å². The molecule has 0 heterocycles. The molecule has 0 radical (unpaired) electrons. The van der Waals surface area contributed by atoms with E-state index in [2.05, 4.69) is 9.47 Å². The molecule has 0 spiro atoms. The zero-order chi connectivity index (χ0) is 14.6. The van der Waals surface area contributed by atoms with Crippen LogP contribution in [0.1, 0.15) is 15.9 Å². The van der Waals surface area contributed by atoms with E-state index in [-0.39, 0.29) is 11.4 Å². The molecule has 1 aromatic rings. The maximum Gasteiger partial charge on any atom is 0.387 e. The van der Waals surface area contributed by atoms with Crippen LogP contribution < -0.4 is 4.74 Å². The molecule has 1 aromatic carbocycles. The lowest BCUT2D eigenvalue weighted by Crippen LogP contribution is -2.12. The van der Waals surface area contributed by atoms with Gasteiger partial charge in [-0.05, 0) is 11.6 Å². The Balaban J connectivity index is 3.50. The standard InChI is InChI=1S/C10H8ClF2NO5/c1-18-9(15)6-2-5(4-11)3-7(14(16)17)8(6)19-10(12)13/h2-3,10H,4H2,1H3. The number of carbonyl (C=O) groups is 1. The number of ether oxygens (including phenoxy) is 2. The van der Waals surface area contributed by atoms with Crippen LogP contribution in [0.3, 0.4) is 0 Å². The summed E-state index contributed by atoms with van der Waals surface area (Å²) >= 11 is 5.52. The highest BCUT2D eigenvalue weighted by molar-refractivity contribution is 6.17. The molecule has 0 fully saturated rings. The molecular formula is C10H8ClF2NO5. The summed E-state index contributed by atoms with van der Waals surface area (Å²) in [6.07, 6.45) is 0. The molecule has 0 saturated heterocycles. The molecule has 0 aliphatic rings. The van der Waals surface area contributed by atoms with Gasteiger partial charge in [-0.25, -0.2) is 4.79 Å². The Morgan fingerprint density at radius 3 is 2.58 bits per heavy atom.